The maximum atomic E-state index is 11.8. The molecule has 0 saturated carbocycles. The molecule has 96 valence electrons. The summed E-state index contributed by atoms with van der Waals surface area (Å²) in [5.41, 5.74) is 1.10. The summed E-state index contributed by atoms with van der Waals surface area (Å²) in [5, 5.41) is 1.85. The first-order chi connectivity index (χ1) is 7.89. The van der Waals surface area contributed by atoms with Crippen LogP contribution in [0.1, 0.15) is 25.7 Å². The maximum Gasteiger partial charge on any atom is 0.471 e. The molecule has 6 heteroatoms. The number of amides is 1. The zero-order valence-corrected chi connectivity index (χ0v) is 10.7. The lowest BCUT2D eigenvalue weighted by Gasteiger charge is -2.10. The predicted octanol–water partition coefficient (Wildman–Crippen LogP) is 3.44. The quantitative estimate of drug-likeness (QED) is 0.792. The molecule has 2 nitrogen and oxygen atoms in total. The average Bonchev–Trinajstić information content (AvgIpc) is 2.23. The molecule has 1 aliphatic carbocycles. The van der Waals surface area contributed by atoms with E-state index in [0.717, 1.165) is 22.9 Å². The van der Waals surface area contributed by atoms with Crippen LogP contribution in [0.2, 0.25) is 0 Å². The third-order valence-corrected chi connectivity index (χ3v) is 2.94. The van der Waals surface area contributed by atoms with Crippen molar-refractivity contribution in [2.45, 2.75) is 31.9 Å². The van der Waals surface area contributed by atoms with Crippen LogP contribution in [-0.4, -0.2) is 18.6 Å². The summed E-state index contributed by atoms with van der Waals surface area (Å²) < 4.78 is 36.6. The standard InChI is InChI=1S/C11H13BrF3NO/c12-9-5-1-3-8(7-9)4-2-6-16-10(17)11(13,14)15/h3,7H,1-2,4-6H2,(H,16,17). The molecule has 0 spiro atoms. The Morgan fingerprint density at radius 2 is 2.18 bits per heavy atom. The van der Waals surface area contributed by atoms with Crippen molar-refractivity contribution in [3.8, 4) is 0 Å². The van der Waals surface area contributed by atoms with E-state index in [1.807, 2.05) is 11.4 Å². The van der Waals surface area contributed by atoms with E-state index in [2.05, 4.69) is 22.0 Å². The molecule has 0 saturated heterocycles. The van der Waals surface area contributed by atoms with Gasteiger partial charge in [-0.15, -0.1) is 0 Å². The molecular formula is C11H13BrF3NO. The molecule has 0 aromatic heterocycles. The minimum Gasteiger partial charge on any atom is -0.348 e. The zero-order valence-electron chi connectivity index (χ0n) is 9.11. The normalized spacial score (nSPS) is 16.2. The molecule has 1 aliphatic rings. The molecule has 1 amide bonds. The van der Waals surface area contributed by atoms with Crippen LogP contribution in [0.5, 0.6) is 0 Å². The van der Waals surface area contributed by atoms with E-state index in [9.17, 15) is 18.0 Å². The smallest absolute Gasteiger partial charge is 0.348 e. The molecule has 0 aliphatic heterocycles. The second-order valence-corrected chi connectivity index (χ2v) is 4.78. The minimum atomic E-state index is -4.78. The number of alkyl halides is 3. The van der Waals surface area contributed by atoms with Crippen molar-refractivity contribution < 1.29 is 18.0 Å². The molecule has 1 N–H and O–H groups in total. The Morgan fingerprint density at radius 3 is 2.76 bits per heavy atom. The van der Waals surface area contributed by atoms with Gasteiger partial charge in [-0.05, 0) is 36.2 Å². The molecule has 0 atom stereocenters. The van der Waals surface area contributed by atoms with Crippen molar-refractivity contribution >= 4 is 21.8 Å². The lowest BCUT2D eigenvalue weighted by molar-refractivity contribution is -0.173. The lowest BCUT2D eigenvalue weighted by atomic mass is 10.0. The second-order valence-electron chi connectivity index (χ2n) is 3.77. The Kier molecular flexibility index (Phi) is 5.24. The fraction of sp³-hybridized carbons (Fsp3) is 0.545. The largest absolute Gasteiger partial charge is 0.471 e. The van der Waals surface area contributed by atoms with Gasteiger partial charge in [0.2, 0.25) is 0 Å². The summed E-state index contributed by atoms with van der Waals surface area (Å²) in [5.74, 6) is -1.87. The van der Waals surface area contributed by atoms with Crippen LogP contribution in [-0.2, 0) is 4.79 Å². The summed E-state index contributed by atoms with van der Waals surface area (Å²) >= 11 is 3.39. The van der Waals surface area contributed by atoms with Gasteiger partial charge < -0.3 is 5.32 Å². The molecule has 0 unspecified atom stereocenters. The Labute approximate surface area is 106 Å². The van der Waals surface area contributed by atoms with Gasteiger partial charge in [0.05, 0.1) is 0 Å². The van der Waals surface area contributed by atoms with Gasteiger partial charge in [0.1, 0.15) is 0 Å². The molecule has 0 radical (unpaired) electrons. The van der Waals surface area contributed by atoms with Crippen molar-refractivity contribution in [3.63, 3.8) is 0 Å². The monoisotopic (exact) mass is 311 g/mol. The predicted molar refractivity (Wildman–Crippen MR) is 62.6 cm³/mol. The zero-order chi connectivity index (χ0) is 12.9. The molecule has 0 bridgehead atoms. The molecule has 1 rings (SSSR count). The van der Waals surface area contributed by atoms with Crippen LogP contribution in [0.4, 0.5) is 13.2 Å². The summed E-state index contributed by atoms with van der Waals surface area (Å²) in [6, 6.07) is 0. The van der Waals surface area contributed by atoms with Gasteiger partial charge in [-0.25, -0.2) is 0 Å². The lowest BCUT2D eigenvalue weighted by Crippen LogP contribution is -2.37. The highest BCUT2D eigenvalue weighted by Crippen LogP contribution is 2.24. The topological polar surface area (TPSA) is 29.1 Å². The van der Waals surface area contributed by atoms with Gasteiger partial charge in [0.25, 0.3) is 0 Å². The first-order valence-electron chi connectivity index (χ1n) is 5.29. The van der Waals surface area contributed by atoms with Gasteiger partial charge in [-0.1, -0.05) is 27.6 Å². The van der Waals surface area contributed by atoms with Crippen LogP contribution < -0.4 is 5.32 Å². The molecule has 0 aromatic rings. The first kappa shape index (κ1) is 14.3. The minimum absolute atomic E-state index is 0.0428. The fourth-order valence-corrected chi connectivity index (χ4v) is 2.02. The SMILES string of the molecule is O=C(NCCCC1=CCCC(Br)=C1)C(F)(F)F. The molecule has 0 fully saturated rings. The Morgan fingerprint density at radius 1 is 1.47 bits per heavy atom. The number of carbonyl (C=O) groups excluding carboxylic acids is 1. The van der Waals surface area contributed by atoms with E-state index >= 15 is 0 Å². The van der Waals surface area contributed by atoms with Crippen molar-refractivity contribution in [3.05, 3.63) is 22.2 Å². The average molecular weight is 312 g/mol. The van der Waals surface area contributed by atoms with Crippen LogP contribution in [0.3, 0.4) is 0 Å². The second kappa shape index (κ2) is 6.23. The highest BCUT2D eigenvalue weighted by molar-refractivity contribution is 9.11. The summed E-state index contributed by atoms with van der Waals surface area (Å²) in [6.07, 6.45) is 2.35. The molecule has 0 aromatic carbocycles. The molecule has 0 heterocycles. The van der Waals surface area contributed by atoms with E-state index in [4.69, 9.17) is 0 Å². The summed E-state index contributed by atoms with van der Waals surface area (Å²) in [4.78, 5) is 10.5. The van der Waals surface area contributed by atoms with Gasteiger partial charge in [-0.3, -0.25) is 4.79 Å². The number of hydrogen-bond acceptors (Lipinski definition) is 1. The van der Waals surface area contributed by atoms with E-state index < -0.39 is 12.1 Å². The highest BCUT2D eigenvalue weighted by Gasteiger charge is 2.38. The third kappa shape index (κ3) is 5.39. The number of hydrogen-bond donors (Lipinski definition) is 1. The van der Waals surface area contributed by atoms with Crippen LogP contribution in [0.15, 0.2) is 22.2 Å². The Hall–Kier alpha value is -0.780. The van der Waals surface area contributed by atoms with Gasteiger partial charge in [0.15, 0.2) is 0 Å². The van der Waals surface area contributed by atoms with Crippen LogP contribution in [0, 0.1) is 0 Å². The van der Waals surface area contributed by atoms with E-state index in [-0.39, 0.29) is 6.54 Å². The summed E-state index contributed by atoms with van der Waals surface area (Å²) in [6.45, 7) is 0.0428. The van der Waals surface area contributed by atoms with Crippen molar-refractivity contribution in [1.82, 2.24) is 5.32 Å². The number of halogens is 4. The highest BCUT2D eigenvalue weighted by atomic mass is 79.9. The van der Waals surface area contributed by atoms with E-state index in [0.29, 0.717) is 12.8 Å². The molecular weight excluding hydrogens is 299 g/mol. The number of nitrogens with one attached hydrogen (secondary N) is 1. The Bertz CT molecular complexity index is 347. The van der Waals surface area contributed by atoms with Crippen LogP contribution >= 0.6 is 15.9 Å². The first-order valence-corrected chi connectivity index (χ1v) is 6.09. The van der Waals surface area contributed by atoms with Crippen molar-refractivity contribution in [1.29, 1.82) is 0 Å². The molecule has 17 heavy (non-hydrogen) atoms. The number of rotatable bonds is 4. The van der Waals surface area contributed by atoms with Crippen molar-refractivity contribution in [2.24, 2.45) is 0 Å². The number of allylic oxidation sites excluding steroid dienone is 4. The summed E-state index contributed by atoms with van der Waals surface area (Å²) in [7, 11) is 0. The van der Waals surface area contributed by atoms with Crippen LogP contribution in [0.25, 0.3) is 0 Å². The van der Waals surface area contributed by atoms with E-state index in [1.54, 1.807) is 0 Å². The van der Waals surface area contributed by atoms with Gasteiger partial charge >= 0.3 is 12.1 Å². The fourth-order valence-electron chi connectivity index (χ4n) is 1.50. The van der Waals surface area contributed by atoms with E-state index in [1.165, 1.54) is 0 Å². The maximum absolute atomic E-state index is 11.8. The third-order valence-electron chi connectivity index (χ3n) is 2.32. The van der Waals surface area contributed by atoms with Gasteiger partial charge in [-0.2, -0.15) is 13.2 Å². The van der Waals surface area contributed by atoms with Gasteiger partial charge in [0, 0.05) is 6.54 Å². The Balaban J connectivity index is 2.21. The van der Waals surface area contributed by atoms with Crippen molar-refractivity contribution in [2.75, 3.05) is 6.54 Å². The number of carbonyl (C=O) groups is 1.